The Labute approximate surface area is 415 Å². The summed E-state index contributed by atoms with van der Waals surface area (Å²) >= 11 is 18.9. The molecule has 19 heteroatoms. The minimum Gasteiger partial charge on any atom is -0.215 e. The highest BCUT2D eigenvalue weighted by atomic mass is 79.9. The Hall–Kier alpha value is -5.65. The number of hydrogen-bond donors (Lipinski definition) is 0. The minimum atomic E-state index is -0.233. The molecule has 10 nitrogen and oxygen atoms in total. The second-order valence-corrected chi connectivity index (χ2v) is 17.4. The van der Waals surface area contributed by atoms with Gasteiger partial charge in [-0.25, -0.2) is 18.7 Å². The molecule has 6 aromatic carbocycles. The molecule has 0 amide bonds. The predicted molar refractivity (Wildman–Crippen MR) is 262 cm³/mol. The first-order chi connectivity index (χ1) is 31.3. The number of hydrogen-bond acceptors (Lipinski definition) is 13. The number of halogens is 6. The molecule has 0 bridgehead atoms. The van der Waals surface area contributed by atoms with E-state index in [4.69, 9.17) is 30.8 Å². The van der Waals surface area contributed by atoms with Crippen molar-refractivity contribution in [2.45, 2.75) is 13.8 Å². The average Bonchev–Trinajstić information content (AvgIpc) is 4.08. The van der Waals surface area contributed by atoms with E-state index in [2.05, 4.69) is 94.9 Å². The zero-order valence-electron chi connectivity index (χ0n) is 33.8. The van der Waals surface area contributed by atoms with Crippen molar-refractivity contribution in [2.24, 2.45) is 0 Å². The highest BCUT2D eigenvalue weighted by Crippen LogP contribution is 2.29. The van der Waals surface area contributed by atoms with E-state index < -0.39 is 0 Å². The van der Waals surface area contributed by atoms with Crippen LogP contribution in [0.3, 0.4) is 0 Å². The summed E-state index contributed by atoms with van der Waals surface area (Å²) in [5.74, 6) is 0.307. The van der Waals surface area contributed by atoms with Crippen LogP contribution in [-0.4, -0.2) is 40.4 Å². The first kappa shape index (κ1) is 53.7. The number of rotatable bonds is 4. The maximum Gasteiger partial charge on any atom is 0.373 e. The van der Waals surface area contributed by atoms with Crippen LogP contribution >= 0.6 is 94.0 Å². The van der Waals surface area contributed by atoms with E-state index in [1.165, 1.54) is 52.9 Å². The van der Waals surface area contributed by atoms with Crippen molar-refractivity contribution < 1.29 is 28.0 Å². The summed E-state index contributed by atoms with van der Waals surface area (Å²) in [6.07, 6.45) is 0.500. The van der Waals surface area contributed by atoms with Crippen LogP contribution in [0.1, 0.15) is 11.1 Å². The molecule has 0 atom stereocenters. The Kier molecular flexibility index (Phi) is 25.2. The lowest BCUT2D eigenvalue weighted by Gasteiger charge is -2.03. The minimum absolute atomic E-state index is 0.171. The quantitative estimate of drug-likeness (QED) is 0.167. The van der Waals surface area contributed by atoms with Crippen LogP contribution in [0.5, 0.6) is 0 Å². The molecular formula is C46H32Br3ClF2N6O4S3. The van der Waals surface area contributed by atoms with Gasteiger partial charge in [-0.05, 0) is 145 Å². The lowest BCUT2D eigenvalue weighted by atomic mass is 10.0. The molecular weight excluding hydrogens is 1110 g/mol. The zero-order chi connectivity index (χ0) is 47.4. The van der Waals surface area contributed by atoms with Gasteiger partial charge in [-0.2, -0.15) is 37.3 Å². The summed E-state index contributed by atoms with van der Waals surface area (Å²) in [5.41, 5.74) is 7.50. The molecule has 0 aliphatic heterocycles. The fourth-order valence-electron chi connectivity index (χ4n) is 4.75. The molecule has 0 spiro atoms. The van der Waals surface area contributed by atoms with Crippen molar-refractivity contribution in [3.63, 3.8) is 0 Å². The van der Waals surface area contributed by atoms with Gasteiger partial charge >= 0.3 is 12.3 Å². The maximum atomic E-state index is 13.1. The molecule has 0 saturated heterocycles. The van der Waals surface area contributed by atoms with E-state index in [1.807, 2.05) is 104 Å². The van der Waals surface area contributed by atoms with Crippen LogP contribution in [-0.2, 0) is 19.2 Å². The van der Waals surface area contributed by atoms with Crippen molar-refractivity contribution >= 4 is 106 Å². The molecule has 0 saturated carbocycles. The summed E-state index contributed by atoms with van der Waals surface area (Å²) in [6.45, 7) is 4.00. The molecule has 3 heterocycles. The molecule has 0 aliphatic carbocycles. The van der Waals surface area contributed by atoms with Crippen molar-refractivity contribution in [2.75, 3.05) is 0 Å². The molecule has 0 N–H and O–H groups in total. The number of aryl methyl sites for hydroxylation is 2. The molecule has 9 aromatic rings. The molecule has 9 rings (SSSR count). The van der Waals surface area contributed by atoms with Crippen molar-refractivity contribution in [3.8, 4) is 43.7 Å². The molecule has 65 heavy (non-hydrogen) atoms. The van der Waals surface area contributed by atoms with Gasteiger partial charge in [-0.3, -0.25) is 0 Å². The van der Waals surface area contributed by atoms with Gasteiger partial charge in [0.1, 0.15) is 21.6 Å². The number of benzene rings is 6. The van der Waals surface area contributed by atoms with Crippen molar-refractivity contribution in [1.82, 2.24) is 28.1 Å². The van der Waals surface area contributed by atoms with E-state index >= 15 is 0 Å². The molecule has 330 valence electrons. The third kappa shape index (κ3) is 21.3. The third-order valence-corrected chi connectivity index (χ3v) is 11.5. The first-order valence-corrected chi connectivity index (χ1v) is 23.3. The highest BCUT2D eigenvalue weighted by Gasteiger charge is 2.10. The maximum absolute atomic E-state index is 13.1. The third-order valence-electron chi connectivity index (χ3n) is 7.53. The van der Waals surface area contributed by atoms with Gasteiger partial charge in [0.2, 0.25) is 13.9 Å². The summed E-state index contributed by atoms with van der Waals surface area (Å²) in [5, 5.41) is 1.85. The fourth-order valence-corrected chi connectivity index (χ4v) is 8.15. The Morgan fingerprint density at radius 3 is 1.35 bits per heavy atom. The van der Waals surface area contributed by atoms with Gasteiger partial charge < -0.3 is 0 Å². The Morgan fingerprint density at radius 1 is 0.462 bits per heavy atom. The number of aromatic nitrogens is 6. The van der Waals surface area contributed by atoms with E-state index in [-0.39, 0.29) is 23.9 Å². The monoisotopic (exact) mass is 1140 g/mol. The van der Waals surface area contributed by atoms with Crippen molar-refractivity contribution in [3.05, 3.63) is 199 Å². The van der Waals surface area contributed by atoms with Crippen LogP contribution in [0.4, 0.5) is 8.78 Å². The second-order valence-electron chi connectivity index (χ2n) is 12.2. The molecule has 0 unspecified atom stereocenters. The van der Waals surface area contributed by atoms with Crippen LogP contribution < -0.4 is 0 Å². The largest absolute Gasteiger partial charge is 0.373 e. The average molecular weight is 1140 g/mol. The Morgan fingerprint density at radius 2 is 0.923 bits per heavy atom. The van der Waals surface area contributed by atoms with Gasteiger partial charge in [0.15, 0.2) is 5.82 Å². The van der Waals surface area contributed by atoms with Gasteiger partial charge in [0.05, 0.1) is 0 Å². The normalized spacial score (nSPS) is 9.35. The van der Waals surface area contributed by atoms with E-state index in [0.717, 1.165) is 59.4 Å². The molecule has 3 aromatic heterocycles. The zero-order valence-corrected chi connectivity index (χ0v) is 41.8. The van der Waals surface area contributed by atoms with Crippen LogP contribution in [0.15, 0.2) is 172 Å². The molecule has 0 aliphatic rings. The predicted octanol–water partition coefficient (Wildman–Crippen LogP) is 14.3. The summed E-state index contributed by atoms with van der Waals surface area (Å²) in [7, 11) is 0. The van der Waals surface area contributed by atoms with E-state index in [0.29, 0.717) is 19.8 Å². The van der Waals surface area contributed by atoms with Crippen LogP contribution in [0, 0.1) is 25.5 Å². The molecule has 0 fully saturated rings. The summed E-state index contributed by atoms with van der Waals surface area (Å²) < 4.78 is 40.3. The summed E-state index contributed by atoms with van der Waals surface area (Å²) in [6, 6.07) is 49.1. The van der Waals surface area contributed by atoms with Gasteiger partial charge in [0.25, 0.3) is 0 Å². The van der Waals surface area contributed by atoms with Gasteiger partial charge in [-0.15, -0.1) is 0 Å². The SMILES string of the molecule is Brc1nsc(-c2ccccc2)n1.Cc1ccc(F)cc1.Cc1cccc(Br)c1.Clc1nc(Br)ns1.Fc1ccc(-c2cccc(-c3nsc(-c4ccccc4)n3)c2)cc1.O=C=O.O=C=O. The van der Waals surface area contributed by atoms with Gasteiger partial charge in [-0.1, -0.05) is 142 Å². The first-order valence-electron chi connectivity index (χ1n) is 18.2. The lowest BCUT2D eigenvalue weighted by Crippen LogP contribution is -1.84. The topological polar surface area (TPSA) is 146 Å². The van der Waals surface area contributed by atoms with Crippen LogP contribution in [0.25, 0.3) is 43.7 Å². The van der Waals surface area contributed by atoms with E-state index in [9.17, 15) is 8.78 Å². The van der Waals surface area contributed by atoms with E-state index in [1.54, 1.807) is 24.3 Å². The smallest absolute Gasteiger partial charge is 0.215 e. The van der Waals surface area contributed by atoms with Crippen LogP contribution in [0.2, 0.25) is 4.47 Å². The Bertz CT molecular complexity index is 2760. The Balaban J connectivity index is 0.000000229. The fraction of sp³-hybridized carbons (Fsp3) is 0.0435. The van der Waals surface area contributed by atoms with Crippen molar-refractivity contribution in [1.29, 1.82) is 0 Å². The summed E-state index contributed by atoms with van der Waals surface area (Å²) in [4.78, 5) is 45.1. The van der Waals surface area contributed by atoms with Gasteiger partial charge in [0, 0.05) is 21.2 Å². The number of nitrogens with zero attached hydrogens (tertiary/aromatic N) is 6. The highest BCUT2D eigenvalue weighted by molar-refractivity contribution is 9.11. The molecule has 0 radical (unpaired) electrons. The standard InChI is InChI=1S/C20H13FN2S.C8H5BrN2S.C7H7Br.C7H7F.C2BrClN2S.2CO2/c21-18-11-9-14(10-12-18)16-7-4-8-17(13-16)19-22-20(24-23-19)15-5-2-1-3-6-15;9-8-10-7(12-11-8)6-4-2-1-3-5-6;1-6-3-2-4-7(8)5-6;1-6-2-4-7(8)5-3-6;3-1-5-2(4)7-6-1;2*2-1-3/h1-13H;1-5H;2*2-5H,1H3;;;. The second kappa shape index (κ2) is 30.5. The number of carbonyl (C=O) groups excluding carboxylic acids is 4. The lowest BCUT2D eigenvalue weighted by molar-refractivity contribution is -0.193.